The molecule has 19 heavy (non-hydrogen) atoms. The molecule has 0 radical (unpaired) electrons. The number of hydrogen-bond acceptors (Lipinski definition) is 3. The Morgan fingerprint density at radius 1 is 1.32 bits per heavy atom. The molecular weight excluding hydrogens is 236 g/mol. The first kappa shape index (κ1) is 14.6. The van der Waals surface area contributed by atoms with Gasteiger partial charge in [-0.25, -0.2) is 0 Å². The molecule has 1 saturated heterocycles. The van der Waals surface area contributed by atoms with E-state index in [0.717, 1.165) is 23.8 Å². The van der Waals surface area contributed by atoms with Gasteiger partial charge in [-0.05, 0) is 49.8 Å². The highest BCUT2D eigenvalue weighted by Gasteiger charge is 2.27. The molecule has 0 aliphatic carbocycles. The molecule has 1 aliphatic heterocycles. The minimum Gasteiger partial charge on any atom is -0.468 e. The summed E-state index contributed by atoms with van der Waals surface area (Å²) in [7, 11) is 0. The average Bonchev–Trinajstić information content (AvgIpc) is 2.65. The quantitative estimate of drug-likeness (QED) is 0.910. The Morgan fingerprint density at radius 2 is 2.11 bits per heavy atom. The average molecular weight is 264 g/mol. The van der Waals surface area contributed by atoms with Crippen LogP contribution in [0.2, 0.25) is 0 Å². The van der Waals surface area contributed by atoms with E-state index in [4.69, 9.17) is 10.2 Å². The molecule has 1 aliphatic rings. The fourth-order valence-corrected chi connectivity index (χ4v) is 3.02. The van der Waals surface area contributed by atoms with Crippen LogP contribution in [0, 0.1) is 11.3 Å². The summed E-state index contributed by atoms with van der Waals surface area (Å²) in [5.74, 6) is 1.89. The molecule has 0 spiro atoms. The second kappa shape index (κ2) is 6.10. The number of rotatable bonds is 3. The van der Waals surface area contributed by atoms with Gasteiger partial charge in [0.05, 0.1) is 12.8 Å². The predicted octanol–water partition coefficient (Wildman–Crippen LogP) is 3.39. The van der Waals surface area contributed by atoms with Crippen LogP contribution in [0.4, 0.5) is 0 Å². The number of nitrogens with zero attached hydrogens (tertiary/aromatic N) is 1. The summed E-state index contributed by atoms with van der Waals surface area (Å²) < 4.78 is 5.57. The first-order chi connectivity index (χ1) is 8.99. The van der Waals surface area contributed by atoms with Gasteiger partial charge in [-0.15, -0.1) is 0 Å². The number of nitrogens with two attached hydrogens (primary N) is 1. The maximum Gasteiger partial charge on any atom is 0.118 e. The Bertz CT molecular complexity index is 392. The van der Waals surface area contributed by atoms with Crippen LogP contribution in [0.15, 0.2) is 16.7 Å². The Balaban J connectivity index is 1.89. The minimum atomic E-state index is 0.438. The summed E-state index contributed by atoms with van der Waals surface area (Å²) in [6.07, 6.45) is 5.73. The van der Waals surface area contributed by atoms with Crippen molar-refractivity contribution in [2.24, 2.45) is 17.1 Å². The van der Waals surface area contributed by atoms with E-state index in [-0.39, 0.29) is 0 Å². The van der Waals surface area contributed by atoms with Gasteiger partial charge in [-0.3, -0.25) is 4.90 Å². The zero-order chi connectivity index (χ0) is 13.9. The predicted molar refractivity (Wildman–Crippen MR) is 78.7 cm³/mol. The van der Waals surface area contributed by atoms with Crippen LogP contribution < -0.4 is 5.73 Å². The minimum absolute atomic E-state index is 0.438. The molecule has 2 heterocycles. The maximum atomic E-state index is 5.61. The monoisotopic (exact) mass is 264 g/mol. The Hall–Kier alpha value is -0.800. The molecule has 1 atom stereocenters. The summed E-state index contributed by atoms with van der Waals surface area (Å²) in [5.41, 5.74) is 7.15. The lowest BCUT2D eigenvalue weighted by atomic mass is 9.77. The third-order valence-electron chi connectivity index (χ3n) is 4.37. The zero-order valence-electron chi connectivity index (χ0n) is 12.6. The van der Waals surface area contributed by atoms with Crippen molar-refractivity contribution >= 4 is 0 Å². The molecule has 1 aromatic rings. The van der Waals surface area contributed by atoms with Crippen molar-refractivity contribution in [2.75, 3.05) is 13.1 Å². The first-order valence-corrected chi connectivity index (χ1v) is 7.48. The van der Waals surface area contributed by atoms with E-state index in [0.29, 0.717) is 12.0 Å². The van der Waals surface area contributed by atoms with Crippen molar-refractivity contribution < 1.29 is 4.42 Å². The maximum absolute atomic E-state index is 5.61. The Morgan fingerprint density at radius 3 is 2.74 bits per heavy atom. The summed E-state index contributed by atoms with van der Waals surface area (Å²) >= 11 is 0. The van der Waals surface area contributed by atoms with E-state index in [1.165, 1.54) is 32.4 Å². The van der Waals surface area contributed by atoms with E-state index in [1.807, 2.05) is 0 Å². The van der Waals surface area contributed by atoms with Crippen molar-refractivity contribution in [3.8, 4) is 0 Å². The van der Waals surface area contributed by atoms with Gasteiger partial charge in [0, 0.05) is 12.1 Å². The number of furan rings is 1. The summed E-state index contributed by atoms with van der Waals surface area (Å²) in [4.78, 5) is 2.52. The third kappa shape index (κ3) is 4.08. The molecule has 2 N–H and O–H groups in total. The van der Waals surface area contributed by atoms with Crippen LogP contribution >= 0.6 is 0 Å². The van der Waals surface area contributed by atoms with Crippen LogP contribution in [0.25, 0.3) is 0 Å². The lowest BCUT2D eigenvalue weighted by Crippen LogP contribution is -2.25. The Labute approximate surface area is 117 Å². The molecule has 1 aromatic heterocycles. The molecule has 2 rings (SSSR count). The van der Waals surface area contributed by atoms with Gasteiger partial charge in [0.15, 0.2) is 0 Å². The molecule has 3 heteroatoms. The van der Waals surface area contributed by atoms with Crippen LogP contribution in [-0.4, -0.2) is 18.0 Å². The molecule has 0 bridgehead atoms. The van der Waals surface area contributed by atoms with Crippen molar-refractivity contribution in [2.45, 2.75) is 53.1 Å². The van der Waals surface area contributed by atoms with E-state index in [2.05, 4.69) is 31.7 Å². The second-order valence-electron chi connectivity index (χ2n) is 6.90. The highest BCUT2D eigenvalue weighted by molar-refractivity contribution is 5.12. The Kier molecular flexibility index (Phi) is 4.69. The van der Waals surface area contributed by atoms with Crippen LogP contribution in [0.5, 0.6) is 0 Å². The van der Waals surface area contributed by atoms with Gasteiger partial charge in [0.1, 0.15) is 5.76 Å². The first-order valence-electron chi connectivity index (χ1n) is 7.48. The van der Waals surface area contributed by atoms with Gasteiger partial charge in [-0.1, -0.05) is 20.8 Å². The normalized spacial score (nSPS) is 22.4. The van der Waals surface area contributed by atoms with Gasteiger partial charge < -0.3 is 10.2 Å². The number of hydrogen-bond donors (Lipinski definition) is 1. The SMILES string of the molecule is CC(C)(C)C1CCCN(Cc2cc(CN)co2)CC1. The van der Waals surface area contributed by atoms with Gasteiger partial charge >= 0.3 is 0 Å². The van der Waals surface area contributed by atoms with Gasteiger partial charge in [0.25, 0.3) is 0 Å². The molecule has 108 valence electrons. The molecule has 3 nitrogen and oxygen atoms in total. The largest absolute Gasteiger partial charge is 0.468 e. The van der Waals surface area contributed by atoms with Crippen LogP contribution in [-0.2, 0) is 13.1 Å². The standard InChI is InChI=1S/C16H28N2O/c1-16(2,3)14-5-4-7-18(8-6-14)11-15-9-13(10-17)12-19-15/h9,12,14H,4-8,10-11,17H2,1-3H3. The topological polar surface area (TPSA) is 42.4 Å². The van der Waals surface area contributed by atoms with E-state index in [9.17, 15) is 0 Å². The zero-order valence-corrected chi connectivity index (χ0v) is 12.6. The molecule has 1 fully saturated rings. The third-order valence-corrected chi connectivity index (χ3v) is 4.37. The van der Waals surface area contributed by atoms with Crippen molar-refractivity contribution in [1.82, 2.24) is 4.90 Å². The van der Waals surface area contributed by atoms with Crippen molar-refractivity contribution in [3.63, 3.8) is 0 Å². The molecule has 0 amide bonds. The van der Waals surface area contributed by atoms with Crippen LogP contribution in [0.3, 0.4) is 0 Å². The van der Waals surface area contributed by atoms with Gasteiger partial charge in [0.2, 0.25) is 0 Å². The van der Waals surface area contributed by atoms with Gasteiger partial charge in [-0.2, -0.15) is 0 Å². The summed E-state index contributed by atoms with van der Waals surface area (Å²) in [5, 5.41) is 0. The lowest BCUT2D eigenvalue weighted by Gasteiger charge is -2.29. The van der Waals surface area contributed by atoms with Crippen molar-refractivity contribution in [1.29, 1.82) is 0 Å². The highest BCUT2D eigenvalue weighted by atomic mass is 16.3. The lowest BCUT2D eigenvalue weighted by molar-refractivity contribution is 0.203. The van der Waals surface area contributed by atoms with Crippen LogP contribution in [0.1, 0.15) is 51.4 Å². The van der Waals surface area contributed by atoms with E-state index < -0.39 is 0 Å². The van der Waals surface area contributed by atoms with E-state index in [1.54, 1.807) is 6.26 Å². The summed E-state index contributed by atoms with van der Waals surface area (Å²) in [6, 6.07) is 2.09. The summed E-state index contributed by atoms with van der Waals surface area (Å²) in [6.45, 7) is 11.0. The fourth-order valence-electron chi connectivity index (χ4n) is 3.02. The molecule has 1 unspecified atom stereocenters. The molecule has 0 saturated carbocycles. The van der Waals surface area contributed by atoms with Crippen molar-refractivity contribution in [3.05, 3.63) is 23.7 Å². The molecular formula is C16H28N2O. The second-order valence-corrected chi connectivity index (χ2v) is 6.90. The molecule has 0 aromatic carbocycles. The fraction of sp³-hybridized carbons (Fsp3) is 0.750. The highest BCUT2D eigenvalue weighted by Crippen LogP contribution is 2.34. The van der Waals surface area contributed by atoms with E-state index >= 15 is 0 Å². The number of likely N-dealkylation sites (tertiary alicyclic amines) is 1. The smallest absolute Gasteiger partial charge is 0.118 e.